The quantitative estimate of drug-likeness (QED) is 0.350. The van der Waals surface area contributed by atoms with E-state index in [0.717, 1.165) is 33.8 Å². The molecule has 2 amide bonds. The topological polar surface area (TPSA) is 77.5 Å². The van der Waals surface area contributed by atoms with Crippen molar-refractivity contribution in [1.29, 1.82) is 0 Å². The van der Waals surface area contributed by atoms with Crippen LogP contribution in [0.3, 0.4) is 0 Å². The fraction of sp³-hybridized carbons (Fsp3) is 0.486. The number of ether oxygens (including phenoxy) is 4. The number of hydrogen-bond acceptors (Lipinski definition) is 6. The van der Waals surface area contributed by atoms with Crippen molar-refractivity contribution in [2.24, 2.45) is 0 Å². The van der Waals surface area contributed by atoms with Crippen LogP contribution >= 0.6 is 0 Å². The molecule has 43 heavy (non-hydrogen) atoms. The first-order valence-corrected chi connectivity index (χ1v) is 15.0. The molecule has 0 fully saturated rings. The van der Waals surface area contributed by atoms with Crippen molar-refractivity contribution in [2.45, 2.75) is 72.0 Å². The molecule has 2 heterocycles. The standard InChI is InChI=1S/C35H46N2O6/c1-34(2,3)42-32(38)36-19-15-24(16-20-36)26-11-9-13-30(40-7)28(26)23-29-27(12-10-14-31(29)41-8)25-17-21-37(22-18-25)33(39)43-35(4,5)6/h9-15,17H,16,18-23H2,1-8H3. The predicted octanol–water partition coefficient (Wildman–Crippen LogP) is 7.34. The van der Waals surface area contributed by atoms with Crippen molar-refractivity contribution >= 4 is 23.3 Å². The normalized spacial score (nSPS) is 15.8. The smallest absolute Gasteiger partial charge is 0.410 e. The van der Waals surface area contributed by atoms with Gasteiger partial charge in [0.2, 0.25) is 0 Å². The molecule has 0 atom stereocenters. The molecule has 2 aliphatic heterocycles. The Morgan fingerprint density at radius 3 is 1.37 bits per heavy atom. The molecule has 0 radical (unpaired) electrons. The van der Waals surface area contributed by atoms with E-state index in [1.54, 1.807) is 24.0 Å². The van der Waals surface area contributed by atoms with Crippen molar-refractivity contribution in [3.05, 3.63) is 70.8 Å². The third kappa shape index (κ3) is 8.12. The monoisotopic (exact) mass is 590 g/mol. The first-order chi connectivity index (χ1) is 20.3. The summed E-state index contributed by atoms with van der Waals surface area (Å²) in [6, 6.07) is 12.3. The van der Waals surface area contributed by atoms with E-state index < -0.39 is 11.2 Å². The molecular formula is C35H46N2O6. The molecule has 0 spiro atoms. The molecule has 8 heteroatoms. The van der Waals surface area contributed by atoms with Gasteiger partial charge in [-0.1, -0.05) is 36.4 Å². The Bertz CT molecular complexity index is 1290. The third-order valence-electron chi connectivity index (χ3n) is 7.47. The zero-order valence-corrected chi connectivity index (χ0v) is 26.9. The zero-order chi connectivity index (χ0) is 31.4. The average Bonchev–Trinajstić information content (AvgIpc) is 2.95. The van der Waals surface area contributed by atoms with Crippen molar-refractivity contribution < 1.29 is 28.5 Å². The van der Waals surface area contributed by atoms with Crippen molar-refractivity contribution in [3.63, 3.8) is 0 Å². The van der Waals surface area contributed by atoms with Crippen molar-refractivity contribution in [2.75, 3.05) is 40.4 Å². The van der Waals surface area contributed by atoms with E-state index in [1.165, 1.54) is 11.1 Å². The summed E-state index contributed by atoms with van der Waals surface area (Å²) in [6.45, 7) is 13.4. The van der Waals surface area contributed by atoms with Gasteiger partial charge in [-0.15, -0.1) is 0 Å². The first kappa shape index (κ1) is 32.0. The van der Waals surface area contributed by atoms with Gasteiger partial charge in [-0.25, -0.2) is 9.59 Å². The van der Waals surface area contributed by atoms with Gasteiger partial charge in [-0.2, -0.15) is 0 Å². The molecule has 0 saturated carbocycles. The average molecular weight is 591 g/mol. The fourth-order valence-electron chi connectivity index (χ4n) is 5.47. The highest BCUT2D eigenvalue weighted by molar-refractivity contribution is 5.78. The predicted molar refractivity (Wildman–Crippen MR) is 170 cm³/mol. The largest absolute Gasteiger partial charge is 0.496 e. The lowest BCUT2D eigenvalue weighted by Gasteiger charge is -2.31. The summed E-state index contributed by atoms with van der Waals surface area (Å²) in [4.78, 5) is 28.8. The Balaban J connectivity index is 1.63. The molecule has 0 saturated heterocycles. The van der Waals surface area contributed by atoms with Crippen LogP contribution in [0.25, 0.3) is 11.1 Å². The van der Waals surface area contributed by atoms with Gasteiger partial charge in [0.05, 0.1) is 14.2 Å². The molecule has 0 bridgehead atoms. The second-order valence-corrected chi connectivity index (χ2v) is 13.0. The molecule has 8 nitrogen and oxygen atoms in total. The molecule has 2 aromatic carbocycles. The number of methoxy groups -OCH3 is 2. The number of rotatable bonds is 6. The molecule has 2 aliphatic rings. The van der Waals surface area contributed by atoms with Gasteiger partial charge < -0.3 is 28.7 Å². The highest BCUT2D eigenvalue weighted by atomic mass is 16.6. The highest BCUT2D eigenvalue weighted by Gasteiger charge is 2.27. The molecule has 232 valence electrons. The van der Waals surface area contributed by atoms with E-state index in [2.05, 4.69) is 24.3 Å². The molecule has 0 aliphatic carbocycles. The van der Waals surface area contributed by atoms with Gasteiger partial charge in [0.25, 0.3) is 0 Å². The zero-order valence-electron chi connectivity index (χ0n) is 26.9. The van der Waals surface area contributed by atoms with E-state index in [1.807, 2.05) is 65.8 Å². The Labute approximate surface area is 256 Å². The van der Waals surface area contributed by atoms with E-state index in [0.29, 0.717) is 45.4 Å². The van der Waals surface area contributed by atoms with Crippen LogP contribution in [0.1, 0.15) is 76.6 Å². The number of hydrogen-bond donors (Lipinski definition) is 0. The maximum Gasteiger partial charge on any atom is 0.410 e. The lowest BCUT2D eigenvalue weighted by molar-refractivity contribution is 0.0260. The molecule has 0 N–H and O–H groups in total. The Morgan fingerprint density at radius 2 is 1.07 bits per heavy atom. The van der Waals surface area contributed by atoms with Crippen LogP contribution in [0.2, 0.25) is 0 Å². The molecular weight excluding hydrogens is 544 g/mol. The van der Waals surface area contributed by atoms with Crippen LogP contribution in [0.5, 0.6) is 11.5 Å². The summed E-state index contributed by atoms with van der Waals surface area (Å²) >= 11 is 0. The van der Waals surface area contributed by atoms with Gasteiger partial charge in [0.1, 0.15) is 22.7 Å². The summed E-state index contributed by atoms with van der Waals surface area (Å²) in [5, 5.41) is 0. The molecule has 4 rings (SSSR count). The van der Waals surface area contributed by atoms with E-state index in [-0.39, 0.29) is 12.2 Å². The van der Waals surface area contributed by atoms with Crippen LogP contribution < -0.4 is 9.47 Å². The minimum absolute atomic E-state index is 0.293. The summed E-state index contributed by atoms with van der Waals surface area (Å²) < 4.78 is 22.9. The summed E-state index contributed by atoms with van der Waals surface area (Å²) in [5.41, 5.74) is 5.64. The molecule has 2 aromatic rings. The second-order valence-electron chi connectivity index (χ2n) is 13.0. The van der Waals surface area contributed by atoms with Crippen LogP contribution in [0.15, 0.2) is 48.6 Å². The van der Waals surface area contributed by atoms with E-state index in [9.17, 15) is 9.59 Å². The summed E-state index contributed by atoms with van der Waals surface area (Å²) in [7, 11) is 3.39. The first-order valence-electron chi connectivity index (χ1n) is 15.0. The number of carbonyl (C=O) groups is 2. The summed E-state index contributed by atoms with van der Waals surface area (Å²) in [6.07, 6.45) is 5.66. The maximum atomic E-state index is 12.6. The van der Waals surface area contributed by atoms with Crippen LogP contribution in [-0.2, 0) is 15.9 Å². The molecule has 0 aromatic heterocycles. The van der Waals surface area contributed by atoms with Gasteiger partial charge in [-0.05, 0) is 88.8 Å². The number of benzene rings is 2. The Morgan fingerprint density at radius 1 is 0.674 bits per heavy atom. The van der Waals surface area contributed by atoms with Gasteiger partial charge in [0, 0.05) is 43.7 Å². The molecule has 0 unspecified atom stereocenters. The number of amides is 2. The summed E-state index contributed by atoms with van der Waals surface area (Å²) in [5.74, 6) is 1.61. The lowest BCUT2D eigenvalue weighted by Crippen LogP contribution is -2.39. The van der Waals surface area contributed by atoms with Gasteiger partial charge in [0.15, 0.2) is 0 Å². The Hall–Kier alpha value is -3.94. The second kappa shape index (κ2) is 13.1. The lowest BCUT2D eigenvalue weighted by atomic mass is 9.87. The minimum atomic E-state index is -0.532. The van der Waals surface area contributed by atoms with Gasteiger partial charge in [-0.3, -0.25) is 0 Å². The number of nitrogens with zero attached hydrogens (tertiary/aromatic N) is 2. The van der Waals surface area contributed by atoms with Crippen LogP contribution in [-0.4, -0.2) is 73.6 Å². The van der Waals surface area contributed by atoms with Crippen LogP contribution in [0.4, 0.5) is 9.59 Å². The third-order valence-corrected chi connectivity index (χ3v) is 7.47. The van der Waals surface area contributed by atoms with E-state index in [4.69, 9.17) is 18.9 Å². The van der Waals surface area contributed by atoms with Crippen LogP contribution in [0, 0.1) is 0 Å². The SMILES string of the molecule is COc1cccc(C2=CCN(C(=O)OC(C)(C)C)CC2)c1Cc1c(OC)cccc1C1=CCN(C(=O)OC(C)(C)C)CC1. The minimum Gasteiger partial charge on any atom is -0.496 e. The highest BCUT2D eigenvalue weighted by Crippen LogP contribution is 2.38. The maximum absolute atomic E-state index is 12.6. The van der Waals surface area contributed by atoms with E-state index >= 15 is 0 Å². The fourth-order valence-corrected chi connectivity index (χ4v) is 5.47. The Kier molecular flexibility index (Phi) is 9.78. The number of carbonyl (C=O) groups excluding carboxylic acids is 2. The van der Waals surface area contributed by atoms with Gasteiger partial charge >= 0.3 is 12.2 Å². The van der Waals surface area contributed by atoms with Crippen molar-refractivity contribution in [3.8, 4) is 11.5 Å². The van der Waals surface area contributed by atoms with Crippen molar-refractivity contribution in [1.82, 2.24) is 9.80 Å².